The standard InChI is InChI=1S/C68H132O17P2/c1-9-61(8)47-39-31-22-17-18-24-35-43-51-68(73)85-63(54-78-65(70)48-40-32-25-19-21-29-37-45-59(4)5)56-82-86(74,75)80-52-62(69)53-81-87(76,77)83-57-64(55-79-66(71)49-41-33-27-26-30-38-46-60(6)7)84-67(72)50-42-34-23-16-14-12-10-11-13-15-20-28-36-44-58(2)3/h58-64,69H,9-57H2,1-8H3,(H,74,75)(H,76,77)/t61?,62?,63-,64-/m1/s1. The molecule has 516 valence electrons. The molecule has 0 bridgehead atoms. The number of phosphoric acid groups is 2. The third kappa shape index (κ3) is 61.3. The minimum Gasteiger partial charge on any atom is -0.462 e. The lowest BCUT2D eigenvalue weighted by Crippen LogP contribution is -2.30. The minimum absolute atomic E-state index is 0.103. The Labute approximate surface area is 530 Å². The van der Waals surface area contributed by atoms with Gasteiger partial charge in [-0.25, -0.2) is 9.13 Å². The van der Waals surface area contributed by atoms with Gasteiger partial charge in [0.1, 0.15) is 19.3 Å². The molecule has 0 aromatic heterocycles. The van der Waals surface area contributed by atoms with Crippen molar-refractivity contribution in [3.05, 3.63) is 0 Å². The average molecular weight is 1280 g/mol. The third-order valence-electron chi connectivity index (χ3n) is 15.9. The summed E-state index contributed by atoms with van der Waals surface area (Å²) in [7, 11) is -9.90. The van der Waals surface area contributed by atoms with Crippen LogP contribution in [0.15, 0.2) is 0 Å². The molecule has 0 fully saturated rings. The summed E-state index contributed by atoms with van der Waals surface area (Å²) in [6, 6.07) is 0. The summed E-state index contributed by atoms with van der Waals surface area (Å²) in [4.78, 5) is 72.4. The molecule has 17 nitrogen and oxygen atoms in total. The summed E-state index contributed by atoms with van der Waals surface area (Å²) in [6.07, 6.45) is 39.1. The van der Waals surface area contributed by atoms with Crippen molar-refractivity contribution >= 4 is 39.5 Å². The third-order valence-corrected chi connectivity index (χ3v) is 17.8. The number of phosphoric ester groups is 2. The van der Waals surface area contributed by atoms with Crippen LogP contribution in [0.1, 0.15) is 331 Å². The second kappa shape index (κ2) is 57.9. The van der Waals surface area contributed by atoms with Crippen molar-refractivity contribution in [1.29, 1.82) is 0 Å². The van der Waals surface area contributed by atoms with Gasteiger partial charge in [-0.1, -0.05) is 280 Å². The molecule has 87 heavy (non-hydrogen) atoms. The van der Waals surface area contributed by atoms with E-state index in [9.17, 15) is 43.2 Å². The van der Waals surface area contributed by atoms with Crippen LogP contribution in [0.5, 0.6) is 0 Å². The Hall–Kier alpha value is -1.94. The lowest BCUT2D eigenvalue weighted by molar-refractivity contribution is -0.161. The maximum absolute atomic E-state index is 13.0. The van der Waals surface area contributed by atoms with E-state index >= 15 is 0 Å². The van der Waals surface area contributed by atoms with Gasteiger partial charge in [0.15, 0.2) is 12.2 Å². The Morgan fingerprint density at radius 1 is 0.322 bits per heavy atom. The number of hydrogen-bond acceptors (Lipinski definition) is 15. The fraction of sp³-hybridized carbons (Fsp3) is 0.941. The van der Waals surface area contributed by atoms with Crippen molar-refractivity contribution in [2.24, 2.45) is 23.7 Å². The molecule has 0 rings (SSSR count). The SMILES string of the molecule is CCC(C)CCCCCCCCCCC(=O)O[C@H](COC(=O)CCCCCCCCCC(C)C)COP(=O)(O)OCC(O)COP(=O)(O)OC[C@@H](COC(=O)CCCCCCCCC(C)C)OC(=O)CCCCCCCCCCCCCCCC(C)C. The first-order valence-corrected chi connectivity index (χ1v) is 38.2. The maximum atomic E-state index is 13.0. The zero-order valence-corrected chi connectivity index (χ0v) is 58.4. The number of ether oxygens (including phenoxy) is 4. The van der Waals surface area contributed by atoms with Gasteiger partial charge in [-0.2, -0.15) is 0 Å². The van der Waals surface area contributed by atoms with Gasteiger partial charge >= 0.3 is 39.5 Å². The lowest BCUT2D eigenvalue weighted by atomic mass is 9.99. The topological polar surface area (TPSA) is 237 Å². The molecule has 3 N–H and O–H groups in total. The van der Waals surface area contributed by atoms with Gasteiger partial charge in [-0.05, 0) is 49.4 Å². The van der Waals surface area contributed by atoms with Crippen molar-refractivity contribution in [2.45, 2.75) is 350 Å². The maximum Gasteiger partial charge on any atom is 0.472 e. The summed E-state index contributed by atoms with van der Waals surface area (Å²) in [6.45, 7) is 14.0. The van der Waals surface area contributed by atoms with E-state index in [-0.39, 0.29) is 25.7 Å². The molecule has 0 aromatic rings. The number of unbranched alkanes of at least 4 members (excludes halogenated alkanes) is 30. The summed E-state index contributed by atoms with van der Waals surface area (Å²) in [5, 5.41) is 10.6. The second-order valence-electron chi connectivity index (χ2n) is 26.2. The molecule has 4 unspecified atom stereocenters. The highest BCUT2D eigenvalue weighted by atomic mass is 31.2. The van der Waals surface area contributed by atoms with Crippen molar-refractivity contribution in [1.82, 2.24) is 0 Å². The summed E-state index contributed by atoms with van der Waals surface area (Å²) in [5.74, 6) is 0.805. The summed E-state index contributed by atoms with van der Waals surface area (Å²) in [5.41, 5.74) is 0. The molecule has 0 heterocycles. The van der Waals surface area contributed by atoms with Gasteiger partial charge in [0.05, 0.1) is 26.4 Å². The minimum atomic E-state index is -4.95. The molecular formula is C68H132O17P2. The molecule has 0 spiro atoms. The van der Waals surface area contributed by atoms with Crippen LogP contribution in [0.2, 0.25) is 0 Å². The first-order valence-electron chi connectivity index (χ1n) is 35.2. The first kappa shape index (κ1) is 85.1. The summed E-state index contributed by atoms with van der Waals surface area (Å²) < 4.78 is 68.1. The van der Waals surface area contributed by atoms with E-state index < -0.39 is 97.5 Å². The Morgan fingerprint density at radius 2 is 0.552 bits per heavy atom. The lowest BCUT2D eigenvalue weighted by Gasteiger charge is -2.21. The van der Waals surface area contributed by atoms with E-state index in [0.717, 1.165) is 115 Å². The monoisotopic (exact) mass is 1280 g/mol. The fourth-order valence-electron chi connectivity index (χ4n) is 10.1. The highest BCUT2D eigenvalue weighted by Crippen LogP contribution is 2.45. The van der Waals surface area contributed by atoms with E-state index in [2.05, 4.69) is 55.4 Å². The molecule has 0 aromatic carbocycles. The molecule has 0 amide bonds. The second-order valence-corrected chi connectivity index (χ2v) is 29.1. The molecule has 0 aliphatic heterocycles. The largest absolute Gasteiger partial charge is 0.472 e. The van der Waals surface area contributed by atoms with Crippen LogP contribution in [0.25, 0.3) is 0 Å². The molecule has 19 heteroatoms. The van der Waals surface area contributed by atoms with Crippen LogP contribution in [0, 0.1) is 23.7 Å². The molecular weight excluding hydrogens is 1150 g/mol. The molecule has 0 aliphatic rings. The number of carbonyl (C=O) groups excluding carboxylic acids is 4. The Balaban J connectivity index is 5.23. The van der Waals surface area contributed by atoms with Crippen LogP contribution < -0.4 is 0 Å². The molecule has 0 aliphatic carbocycles. The Morgan fingerprint density at radius 3 is 0.816 bits per heavy atom. The van der Waals surface area contributed by atoms with Crippen LogP contribution in [0.3, 0.4) is 0 Å². The van der Waals surface area contributed by atoms with Gasteiger partial charge in [-0.3, -0.25) is 37.3 Å². The van der Waals surface area contributed by atoms with Gasteiger partial charge in [-0.15, -0.1) is 0 Å². The van der Waals surface area contributed by atoms with Crippen molar-refractivity contribution < 1.29 is 80.2 Å². The van der Waals surface area contributed by atoms with E-state index in [4.69, 9.17) is 37.0 Å². The molecule has 0 radical (unpaired) electrons. The number of esters is 4. The molecule has 0 saturated heterocycles. The number of hydrogen-bond donors (Lipinski definition) is 3. The predicted molar refractivity (Wildman–Crippen MR) is 349 cm³/mol. The number of rotatable bonds is 65. The van der Waals surface area contributed by atoms with E-state index in [1.807, 2.05) is 0 Å². The Bertz CT molecular complexity index is 1730. The molecule has 6 atom stereocenters. The van der Waals surface area contributed by atoms with E-state index in [1.54, 1.807) is 0 Å². The number of aliphatic hydroxyl groups is 1. The quantitative estimate of drug-likeness (QED) is 0.0222. The number of carbonyl (C=O) groups is 4. The number of aliphatic hydroxyl groups excluding tert-OH is 1. The van der Waals surface area contributed by atoms with Gasteiger partial charge < -0.3 is 33.8 Å². The fourth-order valence-corrected chi connectivity index (χ4v) is 11.7. The Kier molecular flexibility index (Phi) is 56.6. The summed E-state index contributed by atoms with van der Waals surface area (Å²) >= 11 is 0. The normalized spacial score (nSPS) is 14.6. The highest BCUT2D eigenvalue weighted by molar-refractivity contribution is 7.47. The van der Waals surface area contributed by atoms with Gasteiger partial charge in [0, 0.05) is 25.7 Å². The van der Waals surface area contributed by atoms with Crippen LogP contribution in [-0.4, -0.2) is 96.7 Å². The van der Waals surface area contributed by atoms with Crippen molar-refractivity contribution in [3.63, 3.8) is 0 Å². The van der Waals surface area contributed by atoms with E-state index in [0.29, 0.717) is 37.5 Å². The van der Waals surface area contributed by atoms with Crippen molar-refractivity contribution in [3.8, 4) is 0 Å². The van der Waals surface area contributed by atoms with Crippen LogP contribution in [0.4, 0.5) is 0 Å². The van der Waals surface area contributed by atoms with Crippen LogP contribution >= 0.6 is 15.6 Å². The predicted octanol–water partition coefficient (Wildman–Crippen LogP) is 18.9. The van der Waals surface area contributed by atoms with Crippen LogP contribution in [-0.2, 0) is 65.4 Å². The van der Waals surface area contributed by atoms with Gasteiger partial charge in [0.25, 0.3) is 0 Å². The van der Waals surface area contributed by atoms with E-state index in [1.165, 1.54) is 122 Å². The first-order chi connectivity index (χ1) is 41.6. The zero-order valence-electron chi connectivity index (χ0n) is 56.6. The highest BCUT2D eigenvalue weighted by Gasteiger charge is 2.30. The zero-order chi connectivity index (χ0) is 64.7. The molecule has 0 saturated carbocycles. The average Bonchev–Trinajstić information content (AvgIpc) is 3.51. The van der Waals surface area contributed by atoms with Crippen molar-refractivity contribution in [2.75, 3.05) is 39.6 Å². The van der Waals surface area contributed by atoms with Gasteiger partial charge in [0.2, 0.25) is 0 Å². The smallest absolute Gasteiger partial charge is 0.462 e.